The number of fused-ring (bicyclic) bond motifs is 1. The topological polar surface area (TPSA) is 96.8 Å². The SMILES string of the molecule is CCOC(=O)N1c2ccc(C(F)(F)F)cc2[C@@H](Nc2ncc(OCCO)c(Cc3cc(C(F)(F)F)cc(C(F)(F)F)c3)n2)C[C@H]1CC. The smallest absolute Gasteiger partial charge is 0.416 e. The number of rotatable bonds is 9. The Morgan fingerprint density at radius 3 is 2.15 bits per heavy atom. The van der Waals surface area contributed by atoms with E-state index >= 15 is 0 Å². The van der Waals surface area contributed by atoms with Gasteiger partial charge in [-0.25, -0.2) is 14.8 Å². The number of carbonyl (C=O) groups is 1. The average Bonchev–Trinajstić information content (AvgIpc) is 2.98. The molecule has 2 N–H and O–H groups in total. The van der Waals surface area contributed by atoms with Crippen LogP contribution in [0.4, 0.5) is 55.9 Å². The zero-order valence-electron chi connectivity index (χ0n) is 24.9. The number of carbonyl (C=O) groups excluding carboxylic acids is 1. The minimum atomic E-state index is -5.10. The number of hydrogen-bond donors (Lipinski definition) is 2. The number of halogens is 9. The molecule has 0 fully saturated rings. The molecule has 0 radical (unpaired) electrons. The molecule has 17 heteroatoms. The lowest BCUT2D eigenvalue weighted by Gasteiger charge is -2.40. The molecule has 3 aromatic rings. The third-order valence-corrected chi connectivity index (χ3v) is 7.30. The van der Waals surface area contributed by atoms with Crippen molar-refractivity contribution >= 4 is 17.7 Å². The summed E-state index contributed by atoms with van der Waals surface area (Å²) in [6.07, 6.45) is -14.8. The maximum Gasteiger partial charge on any atom is 0.416 e. The Kier molecular flexibility index (Phi) is 10.5. The number of nitrogens with zero attached hydrogens (tertiary/aromatic N) is 3. The van der Waals surface area contributed by atoms with Crippen LogP contribution in [0.25, 0.3) is 0 Å². The Labute approximate surface area is 262 Å². The number of aliphatic hydroxyl groups excluding tert-OH is 1. The van der Waals surface area contributed by atoms with Gasteiger partial charge in [-0.05, 0) is 67.3 Å². The zero-order valence-corrected chi connectivity index (χ0v) is 24.9. The summed E-state index contributed by atoms with van der Waals surface area (Å²) in [5.41, 5.74) is -4.47. The molecule has 1 aromatic heterocycles. The van der Waals surface area contributed by atoms with E-state index in [0.717, 1.165) is 24.4 Å². The lowest BCUT2D eigenvalue weighted by atomic mass is 9.89. The second kappa shape index (κ2) is 13.8. The van der Waals surface area contributed by atoms with Gasteiger partial charge in [0.15, 0.2) is 5.75 Å². The molecule has 0 aliphatic carbocycles. The summed E-state index contributed by atoms with van der Waals surface area (Å²) in [5.74, 6) is -0.383. The van der Waals surface area contributed by atoms with Gasteiger partial charge in [-0.2, -0.15) is 39.5 Å². The van der Waals surface area contributed by atoms with Crippen molar-refractivity contribution in [2.24, 2.45) is 0 Å². The third-order valence-electron chi connectivity index (χ3n) is 7.30. The molecule has 1 aliphatic rings. The van der Waals surface area contributed by atoms with Crippen LogP contribution in [0.5, 0.6) is 5.75 Å². The van der Waals surface area contributed by atoms with Crippen LogP contribution in [0, 0.1) is 0 Å². The average molecular weight is 681 g/mol. The van der Waals surface area contributed by atoms with Gasteiger partial charge in [0.25, 0.3) is 0 Å². The summed E-state index contributed by atoms with van der Waals surface area (Å²) in [5, 5.41) is 12.1. The number of nitrogens with one attached hydrogen (secondary N) is 1. The standard InChI is InChI=1S/C30H29F9N4O4/c1-3-20-14-22(21-13-17(28(31,32)33)5-6-24(21)43(20)27(45)46-4-2)41-26-40-15-25(47-8-7-44)23(42-26)11-16-9-18(29(34,35)36)12-19(10-16)30(37,38)39/h5-6,9-10,12-13,15,20,22,44H,3-4,7-8,11,14H2,1-2H3,(H,40,41,42)/t20-,22+/m1/s1. The molecule has 1 amide bonds. The highest BCUT2D eigenvalue weighted by atomic mass is 19.4. The first-order valence-corrected chi connectivity index (χ1v) is 14.3. The van der Waals surface area contributed by atoms with E-state index in [4.69, 9.17) is 9.47 Å². The molecular formula is C30H29F9N4O4. The lowest BCUT2D eigenvalue weighted by Crippen LogP contribution is -2.46. The van der Waals surface area contributed by atoms with Gasteiger partial charge in [-0.3, -0.25) is 4.90 Å². The van der Waals surface area contributed by atoms with E-state index < -0.39 is 72.0 Å². The van der Waals surface area contributed by atoms with Gasteiger partial charge in [0.05, 0.1) is 53.5 Å². The minimum absolute atomic E-state index is 0.0148. The van der Waals surface area contributed by atoms with E-state index in [-0.39, 0.29) is 54.3 Å². The number of ether oxygens (including phenoxy) is 2. The number of hydrogen-bond acceptors (Lipinski definition) is 7. The van der Waals surface area contributed by atoms with Crippen LogP contribution in [-0.4, -0.2) is 47.0 Å². The highest BCUT2D eigenvalue weighted by molar-refractivity contribution is 5.90. The fourth-order valence-corrected chi connectivity index (χ4v) is 5.21. The molecule has 2 heterocycles. The second-order valence-corrected chi connectivity index (χ2v) is 10.5. The van der Waals surface area contributed by atoms with E-state index in [1.54, 1.807) is 13.8 Å². The number of aromatic nitrogens is 2. The summed E-state index contributed by atoms with van der Waals surface area (Å²) in [6, 6.07) is 2.42. The Balaban J connectivity index is 1.78. The van der Waals surface area contributed by atoms with Crippen molar-refractivity contribution in [2.45, 2.75) is 63.7 Å². The van der Waals surface area contributed by atoms with Crippen LogP contribution in [0.3, 0.4) is 0 Å². The fourth-order valence-electron chi connectivity index (χ4n) is 5.21. The van der Waals surface area contributed by atoms with Gasteiger partial charge in [-0.1, -0.05) is 6.92 Å². The normalized spacial score (nSPS) is 16.9. The molecule has 8 nitrogen and oxygen atoms in total. The molecule has 4 rings (SSSR count). The number of anilines is 2. The summed E-state index contributed by atoms with van der Waals surface area (Å²) < 4.78 is 133. The molecule has 2 aromatic carbocycles. The van der Waals surface area contributed by atoms with Crippen molar-refractivity contribution < 1.29 is 58.9 Å². The van der Waals surface area contributed by atoms with Crippen LogP contribution in [0.2, 0.25) is 0 Å². The first kappa shape index (κ1) is 35.6. The lowest BCUT2D eigenvalue weighted by molar-refractivity contribution is -0.143. The maximum absolute atomic E-state index is 13.7. The molecule has 1 aliphatic heterocycles. The predicted octanol–water partition coefficient (Wildman–Crippen LogP) is 7.79. The summed E-state index contributed by atoms with van der Waals surface area (Å²) in [7, 11) is 0. The van der Waals surface area contributed by atoms with Crippen molar-refractivity contribution in [3.63, 3.8) is 0 Å². The first-order valence-electron chi connectivity index (χ1n) is 14.3. The van der Waals surface area contributed by atoms with Crippen LogP contribution < -0.4 is 15.0 Å². The van der Waals surface area contributed by atoms with Crippen LogP contribution in [0.15, 0.2) is 42.6 Å². The number of aliphatic hydroxyl groups is 1. The predicted molar refractivity (Wildman–Crippen MR) is 150 cm³/mol. The fraction of sp³-hybridized carbons (Fsp3) is 0.433. The van der Waals surface area contributed by atoms with Crippen LogP contribution in [-0.2, 0) is 29.7 Å². The van der Waals surface area contributed by atoms with Gasteiger partial charge in [-0.15, -0.1) is 0 Å². The Hall–Kier alpha value is -4.28. The minimum Gasteiger partial charge on any atom is -0.488 e. The largest absolute Gasteiger partial charge is 0.488 e. The van der Waals surface area contributed by atoms with Crippen LogP contribution in [0.1, 0.15) is 66.2 Å². The molecular weight excluding hydrogens is 651 g/mol. The van der Waals surface area contributed by atoms with E-state index in [2.05, 4.69) is 15.3 Å². The van der Waals surface area contributed by atoms with Crippen molar-refractivity contribution in [3.8, 4) is 5.75 Å². The van der Waals surface area contributed by atoms with Crippen molar-refractivity contribution in [1.82, 2.24) is 9.97 Å². The molecule has 256 valence electrons. The first-order chi connectivity index (χ1) is 22.0. The molecule has 0 bridgehead atoms. The number of amides is 1. The molecule has 47 heavy (non-hydrogen) atoms. The van der Waals surface area contributed by atoms with Crippen molar-refractivity contribution in [2.75, 3.05) is 30.0 Å². The summed E-state index contributed by atoms with van der Waals surface area (Å²) in [6.45, 7) is 2.55. The highest BCUT2D eigenvalue weighted by Gasteiger charge is 2.40. The number of alkyl halides is 9. The second-order valence-electron chi connectivity index (χ2n) is 10.5. The van der Waals surface area contributed by atoms with Gasteiger partial charge in [0.2, 0.25) is 5.95 Å². The molecule has 2 atom stereocenters. The van der Waals surface area contributed by atoms with E-state index in [0.29, 0.717) is 18.6 Å². The third kappa shape index (κ3) is 8.36. The van der Waals surface area contributed by atoms with Gasteiger partial charge >= 0.3 is 24.6 Å². The van der Waals surface area contributed by atoms with Gasteiger partial charge < -0.3 is 19.9 Å². The summed E-state index contributed by atoms with van der Waals surface area (Å²) >= 11 is 0. The van der Waals surface area contributed by atoms with Gasteiger partial charge in [0, 0.05) is 12.5 Å². The van der Waals surface area contributed by atoms with Crippen molar-refractivity contribution in [1.29, 1.82) is 0 Å². The quantitative estimate of drug-likeness (QED) is 0.223. The van der Waals surface area contributed by atoms with Crippen molar-refractivity contribution in [3.05, 3.63) is 76.1 Å². The zero-order chi connectivity index (χ0) is 34.7. The van der Waals surface area contributed by atoms with E-state index in [1.807, 2.05) is 0 Å². The molecule has 0 saturated heterocycles. The number of benzene rings is 2. The Morgan fingerprint density at radius 2 is 1.60 bits per heavy atom. The Bertz CT molecular complexity index is 1550. The molecule has 0 unspecified atom stereocenters. The monoisotopic (exact) mass is 680 g/mol. The Morgan fingerprint density at radius 1 is 0.957 bits per heavy atom. The van der Waals surface area contributed by atoms with E-state index in [9.17, 15) is 49.4 Å². The van der Waals surface area contributed by atoms with Crippen LogP contribution >= 0.6 is 0 Å². The molecule has 0 spiro atoms. The highest BCUT2D eigenvalue weighted by Crippen LogP contribution is 2.43. The van der Waals surface area contributed by atoms with Gasteiger partial charge in [0.1, 0.15) is 6.61 Å². The van der Waals surface area contributed by atoms with E-state index in [1.165, 1.54) is 4.90 Å². The molecule has 0 saturated carbocycles. The maximum atomic E-state index is 13.7. The summed E-state index contributed by atoms with van der Waals surface area (Å²) in [4.78, 5) is 22.5.